The van der Waals surface area contributed by atoms with Crippen molar-refractivity contribution >= 4 is 23.7 Å². The van der Waals surface area contributed by atoms with E-state index >= 15 is 8.78 Å². The Bertz CT molecular complexity index is 1880. The third-order valence-electron chi connectivity index (χ3n) is 17.1. The number of cyclic esters (lactones) is 1. The number of aliphatic hydroxyl groups is 6. The van der Waals surface area contributed by atoms with Crippen molar-refractivity contribution in [1.29, 1.82) is 0 Å². The monoisotopic (exact) mass is 955 g/mol. The lowest BCUT2D eigenvalue weighted by Crippen LogP contribution is -2.71. The summed E-state index contributed by atoms with van der Waals surface area (Å²) in [6.07, 6.45) is -4.92. The molecule has 0 spiro atoms. The topological polar surface area (TPSA) is 233 Å². The normalized spacial score (nSPS) is 46.5. The Morgan fingerprint density at radius 1 is 0.940 bits per heavy atom. The van der Waals surface area contributed by atoms with Crippen LogP contribution < -0.4 is 5.32 Å². The molecule has 1 heterocycles. The number of ether oxygens (including phenoxy) is 3. The van der Waals surface area contributed by atoms with Gasteiger partial charge in [-0.3, -0.25) is 19.3 Å². The molecule has 0 radical (unpaired) electrons. The lowest BCUT2D eigenvalue weighted by Gasteiger charge is -2.63. The zero-order valence-electron chi connectivity index (χ0n) is 41.5. The molecule has 1 saturated heterocycles. The molecule has 5 aliphatic rings. The summed E-state index contributed by atoms with van der Waals surface area (Å²) in [5.41, 5.74) is -10.9. The van der Waals surface area contributed by atoms with Gasteiger partial charge in [0.25, 0.3) is 0 Å². The summed E-state index contributed by atoms with van der Waals surface area (Å²) in [5.74, 6) is -7.59. The number of aliphatic hydroxyl groups excluding tert-OH is 4. The lowest BCUT2D eigenvalue weighted by atomic mass is 9.44. The highest BCUT2D eigenvalue weighted by atomic mass is 19.1. The molecule has 0 amide bonds. The first kappa shape index (κ1) is 55.0. The summed E-state index contributed by atoms with van der Waals surface area (Å²) in [5, 5.41) is 72.3. The van der Waals surface area contributed by atoms with E-state index in [0.717, 1.165) is 6.08 Å². The first-order chi connectivity index (χ1) is 31.0. The van der Waals surface area contributed by atoms with Gasteiger partial charge in [-0.2, -0.15) is 0 Å². The van der Waals surface area contributed by atoms with Gasteiger partial charge in [-0.1, -0.05) is 40.7 Å². The minimum atomic E-state index is -2.38. The Morgan fingerprint density at radius 3 is 2.22 bits per heavy atom. The standard InChI is InChI=1S/C50H80F2N2O13/c1-12-38-48(11,64)42(60)31(7)54(26-27(3)24-47(10,63)41(59)29(5)40(58)30(6)43(61)66-38)20-14-18-53-19-16-39(57)67-50(44(62)65-13-2)28(4)21-33-34-23-36(51)35-22-32(55)15-17-45(35,8)49(34,52)37(56)25-46(33,50)9/h15,17,22,27-31,33-34,36-38,40-42,53,56,58-60,63-64H,12-14,16,18-21,23-26H2,1-11H3/t27-,28-,29+,30?,31?,33?,34?,36+,37?,38-,40+,41-,42?,45?,46?,47-,48-,49+,50+/m1/s1. The fourth-order valence-corrected chi connectivity index (χ4v) is 13.3. The van der Waals surface area contributed by atoms with E-state index in [2.05, 4.69) is 5.32 Å². The van der Waals surface area contributed by atoms with Gasteiger partial charge in [0.2, 0.25) is 5.60 Å². The number of nitrogens with zero attached hydrogens (tertiary/aromatic N) is 1. The van der Waals surface area contributed by atoms with Gasteiger partial charge in [0.1, 0.15) is 24.0 Å². The van der Waals surface area contributed by atoms with Gasteiger partial charge in [-0.15, -0.1) is 0 Å². The van der Waals surface area contributed by atoms with Crippen LogP contribution in [0.15, 0.2) is 23.8 Å². The fourth-order valence-electron chi connectivity index (χ4n) is 13.3. The summed E-state index contributed by atoms with van der Waals surface area (Å²) < 4.78 is 51.5. The summed E-state index contributed by atoms with van der Waals surface area (Å²) in [6.45, 7) is 18.9. The van der Waals surface area contributed by atoms with Gasteiger partial charge < -0.3 is 50.2 Å². The Labute approximate surface area is 395 Å². The first-order valence-electron chi connectivity index (χ1n) is 24.5. The van der Waals surface area contributed by atoms with Crippen LogP contribution in [0.3, 0.4) is 0 Å². The van der Waals surface area contributed by atoms with E-state index < -0.39 is 129 Å². The number of nitrogens with one attached hydrogen (secondary N) is 1. The Kier molecular flexibility index (Phi) is 16.8. The average molecular weight is 955 g/mol. The molecule has 5 rings (SSSR count). The van der Waals surface area contributed by atoms with Crippen molar-refractivity contribution < 1.29 is 72.8 Å². The van der Waals surface area contributed by atoms with E-state index in [1.54, 1.807) is 41.5 Å². The Morgan fingerprint density at radius 2 is 1.60 bits per heavy atom. The van der Waals surface area contributed by atoms with E-state index in [4.69, 9.17) is 14.2 Å². The quantitative estimate of drug-likeness (QED) is 0.0890. The molecule has 15 nitrogen and oxygen atoms in total. The zero-order valence-corrected chi connectivity index (χ0v) is 41.5. The highest BCUT2D eigenvalue weighted by Crippen LogP contribution is 2.71. The molecule has 1 aliphatic heterocycles. The van der Waals surface area contributed by atoms with E-state index in [9.17, 15) is 49.8 Å². The van der Waals surface area contributed by atoms with E-state index in [0.29, 0.717) is 26.1 Å². The second kappa shape index (κ2) is 20.4. The van der Waals surface area contributed by atoms with Gasteiger partial charge >= 0.3 is 17.9 Å². The fraction of sp³-hybridized carbons (Fsp3) is 0.840. The number of esters is 3. The zero-order chi connectivity index (χ0) is 50.4. The molecule has 4 fully saturated rings. The van der Waals surface area contributed by atoms with Crippen molar-refractivity contribution in [1.82, 2.24) is 10.2 Å². The van der Waals surface area contributed by atoms with Crippen molar-refractivity contribution in [3.63, 3.8) is 0 Å². The predicted molar refractivity (Wildman–Crippen MR) is 243 cm³/mol. The van der Waals surface area contributed by atoms with Gasteiger partial charge in [-0.05, 0) is 123 Å². The molecule has 8 unspecified atom stereocenters. The maximum atomic E-state index is 17.9. The number of allylic oxidation sites excluding steroid dienone is 4. The van der Waals surface area contributed by atoms with Crippen LogP contribution >= 0.6 is 0 Å². The first-order valence-corrected chi connectivity index (χ1v) is 24.5. The Balaban J connectivity index is 1.29. The van der Waals surface area contributed by atoms with Crippen LogP contribution in [0.25, 0.3) is 0 Å². The molecule has 7 N–H and O–H groups in total. The number of rotatable bonds is 11. The van der Waals surface area contributed by atoms with Gasteiger partial charge in [0.15, 0.2) is 11.5 Å². The van der Waals surface area contributed by atoms with E-state index in [-0.39, 0.29) is 63.2 Å². The predicted octanol–water partition coefficient (Wildman–Crippen LogP) is 3.68. The van der Waals surface area contributed by atoms with Gasteiger partial charge in [0.05, 0.1) is 42.9 Å². The van der Waals surface area contributed by atoms with Crippen molar-refractivity contribution in [2.24, 2.45) is 46.3 Å². The third-order valence-corrected chi connectivity index (χ3v) is 17.1. The molecule has 0 aromatic carbocycles. The van der Waals surface area contributed by atoms with E-state index in [1.165, 1.54) is 39.8 Å². The molecule has 382 valence electrons. The summed E-state index contributed by atoms with van der Waals surface area (Å²) in [7, 11) is 0. The van der Waals surface area contributed by atoms with Crippen LogP contribution in [-0.2, 0) is 33.4 Å². The average Bonchev–Trinajstić information content (AvgIpc) is 3.47. The molecule has 17 heteroatoms. The number of halogens is 2. The van der Waals surface area contributed by atoms with Crippen LogP contribution in [0.4, 0.5) is 8.78 Å². The van der Waals surface area contributed by atoms with Gasteiger partial charge in [0, 0.05) is 47.7 Å². The summed E-state index contributed by atoms with van der Waals surface area (Å²) in [6, 6.07) is -0.699. The minimum absolute atomic E-state index is 0.0158. The maximum Gasteiger partial charge on any atom is 0.351 e. The molecular weight excluding hydrogens is 875 g/mol. The molecule has 67 heavy (non-hydrogen) atoms. The molecule has 3 saturated carbocycles. The van der Waals surface area contributed by atoms with Crippen LogP contribution in [0, 0.1) is 46.3 Å². The summed E-state index contributed by atoms with van der Waals surface area (Å²) >= 11 is 0. The van der Waals surface area contributed by atoms with Crippen LogP contribution in [0.5, 0.6) is 0 Å². The number of alkyl halides is 2. The number of carbonyl (C=O) groups is 4. The van der Waals surface area contributed by atoms with Crippen LogP contribution in [0.1, 0.15) is 121 Å². The Hall–Kier alpha value is -2.90. The molecular formula is C50H80F2N2O13. The molecule has 4 aliphatic carbocycles. The number of hydrogen-bond acceptors (Lipinski definition) is 15. The third kappa shape index (κ3) is 9.67. The number of hydrogen-bond donors (Lipinski definition) is 7. The SMILES string of the molecule is CCOC(=O)[C@@]1(OC(=O)CCNCCCN2C[C@H](C)C[C@@](C)(O)[C@H](O)[C@@H](C)[C@H](O)C(C)C(=O)O[C@H](CC)[C@@](C)(O)C(O)C2C)[C@H](C)CC2C3C[C@H](F)C4=CC(=O)C=CC4(C)[C@@]3(F)C(O)CC21C. The number of ketones is 1. The van der Waals surface area contributed by atoms with Crippen molar-refractivity contribution in [3.8, 4) is 0 Å². The largest absolute Gasteiger partial charge is 0.463 e. The number of fused-ring (bicyclic) bond motifs is 5. The minimum Gasteiger partial charge on any atom is -0.463 e. The molecule has 0 bridgehead atoms. The second-order valence-electron chi connectivity index (χ2n) is 21.8. The summed E-state index contributed by atoms with van der Waals surface area (Å²) in [4.78, 5) is 55.6. The van der Waals surface area contributed by atoms with E-state index in [1.807, 2.05) is 11.8 Å². The van der Waals surface area contributed by atoms with Crippen molar-refractivity contribution in [2.45, 2.75) is 186 Å². The van der Waals surface area contributed by atoms with Crippen molar-refractivity contribution in [2.75, 3.05) is 32.8 Å². The smallest absolute Gasteiger partial charge is 0.351 e. The van der Waals surface area contributed by atoms with Crippen molar-refractivity contribution in [3.05, 3.63) is 23.8 Å². The molecule has 0 aromatic rings. The van der Waals surface area contributed by atoms with Gasteiger partial charge in [-0.25, -0.2) is 13.6 Å². The van der Waals surface area contributed by atoms with Crippen LogP contribution in [0.2, 0.25) is 0 Å². The highest BCUT2D eigenvalue weighted by Gasteiger charge is 2.79. The highest BCUT2D eigenvalue weighted by molar-refractivity contribution is 6.01. The lowest BCUT2D eigenvalue weighted by molar-refractivity contribution is -0.239. The number of carbonyl (C=O) groups excluding carboxylic acids is 4. The molecule has 19 atom stereocenters. The maximum absolute atomic E-state index is 17.9. The second-order valence-corrected chi connectivity index (χ2v) is 21.8. The van der Waals surface area contributed by atoms with Crippen LogP contribution in [-0.4, -0.2) is 157 Å². The molecule has 0 aromatic heterocycles.